The minimum absolute atomic E-state index is 0.0172. The third kappa shape index (κ3) is 2.87. The van der Waals surface area contributed by atoms with Crippen LogP contribution in [0, 0.1) is 0 Å². The quantitative estimate of drug-likeness (QED) is 0.571. The minimum atomic E-state index is -0.0172. The first-order valence-electron chi connectivity index (χ1n) is 6.49. The fraction of sp³-hybridized carbons (Fsp3) is 0.0625. The zero-order chi connectivity index (χ0) is 14.7. The summed E-state index contributed by atoms with van der Waals surface area (Å²) in [5, 5.41) is 4.13. The normalized spacial score (nSPS) is 10.5. The highest BCUT2D eigenvalue weighted by Crippen LogP contribution is 2.23. The summed E-state index contributed by atoms with van der Waals surface area (Å²) >= 11 is 4.01. The van der Waals surface area contributed by atoms with Crippen LogP contribution in [-0.4, -0.2) is 21.5 Å². The fourth-order valence-corrected chi connectivity index (χ4v) is 2.26. The molecule has 1 heterocycles. The van der Waals surface area contributed by atoms with Crippen LogP contribution in [0.5, 0.6) is 0 Å². The summed E-state index contributed by atoms with van der Waals surface area (Å²) in [5.74, 6) is 0.888. The molecule has 3 rings (SSSR count). The Hall–Kier alpha value is -2.40. The summed E-state index contributed by atoms with van der Waals surface area (Å²) in [5.41, 5.74) is 2.30. The Balaban J connectivity index is 2.02. The second kappa shape index (κ2) is 5.93. The van der Waals surface area contributed by atoms with Crippen LogP contribution >= 0.6 is 12.6 Å². The molecule has 0 atom stereocenters. The van der Waals surface area contributed by atoms with E-state index in [0.717, 1.165) is 22.4 Å². The number of carbonyl (C=O) groups is 1. The molecule has 0 saturated carbocycles. The largest absolute Gasteiger partial charge is 0.340 e. The number of para-hydroxylation sites is 1. The number of thiol groups is 1. The molecule has 3 aromatic rings. The van der Waals surface area contributed by atoms with Crippen molar-refractivity contribution < 1.29 is 4.79 Å². The Kier molecular flexibility index (Phi) is 3.83. The van der Waals surface area contributed by atoms with Gasteiger partial charge in [0.25, 0.3) is 0 Å². The highest BCUT2D eigenvalue weighted by molar-refractivity contribution is 7.81. The van der Waals surface area contributed by atoms with E-state index >= 15 is 0 Å². The van der Waals surface area contributed by atoms with Gasteiger partial charge in [-0.3, -0.25) is 4.79 Å². The molecule has 104 valence electrons. The summed E-state index contributed by atoms with van der Waals surface area (Å²) in [6, 6.07) is 15.2. The van der Waals surface area contributed by atoms with Crippen molar-refractivity contribution in [1.82, 2.24) is 9.97 Å². The van der Waals surface area contributed by atoms with Crippen molar-refractivity contribution in [3.05, 3.63) is 60.4 Å². The standard InChI is InChI=1S/C16H13N3OS/c20-15(9-21)11-6-7-13-14(8-11)17-10-18-16(13)19-12-4-2-1-3-5-12/h1-8,10,21H,9H2,(H,17,18,19). The maximum Gasteiger partial charge on any atom is 0.172 e. The van der Waals surface area contributed by atoms with Gasteiger partial charge < -0.3 is 5.32 Å². The fourth-order valence-electron chi connectivity index (χ4n) is 2.08. The van der Waals surface area contributed by atoms with Gasteiger partial charge in [-0.05, 0) is 24.3 Å². The van der Waals surface area contributed by atoms with Gasteiger partial charge in [-0.15, -0.1) is 0 Å². The van der Waals surface area contributed by atoms with E-state index in [1.165, 1.54) is 6.33 Å². The Morgan fingerprint density at radius 1 is 1.10 bits per heavy atom. The molecule has 2 aromatic carbocycles. The molecule has 1 aromatic heterocycles. The molecular weight excluding hydrogens is 282 g/mol. The van der Waals surface area contributed by atoms with E-state index in [2.05, 4.69) is 27.9 Å². The first kappa shape index (κ1) is 13.6. The van der Waals surface area contributed by atoms with E-state index in [0.29, 0.717) is 5.56 Å². The van der Waals surface area contributed by atoms with Crippen molar-refractivity contribution in [3.63, 3.8) is 0 Å². The highest BCUT2D eigenvalue weighted by Gasteiger charge is 2.08. The third-order valence-electron chi connectivity index (χ3n) is 3.14. The number of fused-ring (bicyclic) bond motifs is 1. The van der Waals surface area contributed by atoms with Crippen molar-refractivity contribution in [2.24, 2.45) is 0 Å². The van der Waals surface area contributed by atoms with Crippen molar-refractivity contribution in [1.29, 1.82) is 0 Å². The number of hydrogen-bond acceptors (Lipinski definition) is 5. The second-order valence-corrected chi connectivity index (χ2v) is 4.84. The number of ketones is 1. The topological polar surface area (TPSA) is 54.9 Å². The molecule has 0 saturated heterocycles. The van der Waals surface area contributed by atoms with E-state index in [1.807, 2.05) is 36.4 Å². The first-order chi connectivity index (χ1) is 10.3. The molecule has 0 aliphatic heterocycles. The maximum absolute atomic E-state index is 11.7. The summed E-state index contributed by atoms with van der Waals surface area (Å²) in [7, 11) is 0. The molecule has 0 aliphatic carbocycles. The van der Waals surface area contributed by atoms with Crippen LogP contribution in [0.4, 0.5) is 11.5 Å². The zero-order valence-corrected chi connectivity index (χ0v) is 12.0. The van der Waals surface area contributed by atoms with E-state index < -0.39 is 0 Å². The molecule has 0 radical (unpaired) electrons. The number of rotatable bonds is 4. The molecule has 0 fully saturated rings. The van der Waals surface area contributed by atoms with Gasteiger partial charge in [0, 0.05) is 16.6 Å². The number of nitrogens with one attached hydrogen (secondary N) is 1. The Labute approximate surface area is 127 Å². The molecule has 0 spiro atoms. The second-order valence-electron chi connectivity index (χ2n) is 4.53. The molecule has 21 heavy (non-hydrogen) atoms. The summed E-state index contributed by atoms with van der Waals surface area (Å²) in [6.07, 6.45) is 1.49. The summed E-state index contributed by atoms with van der Waals surface area (Å²) in [4.78, 5) is 20.2. The minimum Gasteiger partial charge on any atom is -0.340 e. The number of Topliss-reactive ketones (excluding diaryl/α,β-unsaturated/α-hetero) is 1. The predicted molar refractivity (Wildman–Crippen MR) is 87.4 cm³/mol. The molecule has 4 nitrogen and oxygen atoms in total. The summed E-state index contributed by atoms with van der Waals surface area (Å²) in [6.45, 7) is 0. The van der Waals surface area contributed by atoms with E-state index in [-0.39, 0.29) is 11.5 Å². The molecule has 0 unspecified atom stereocenters. The average Bonchev–Trinajstić information content (AvgIpc) is 2.55. The molecule has 0 bridgehead atoms. The van der Waals surface area contributed by atoms with E-state index in [9.17, 15) is 4.79 Å². The van der Waals surface area contributed by atoms with Crippen molar-refractivity contribution in [2.45, 2.75) is 0 Å². The van der Waals surface area contributed by atoms with Gasteiger partial charge in [-0.25, -0.2) is 9.97 Å². The van der Waals surface area contributed by atoms with Gasteiger partial charge in [0.1, 0.15) is 12.1 Å². The van der Waals surface area contributed by atoms with Gasteiger partial charge in [-0.2, -0.15) is 12.6 Å². The van der Waals surface area contributed by atoms with Gasteiger partial charge in [0.05, 0.1) is 11.3 Å². The van der Waals surface area contributed by atoms with Crippen molar-refractivity contribution in [2.75, 3.05) is 11.1 Å². The van der Waals surface area contributed by atoms with Gasteiger partial charge >= 0.3 is 0 Å². The van der Waals surface area contributed by atoms with Crippen LogP contribution in [0.2, 0.25) is 0 Å². The van der Waals surface area contributed by atoms with Gasteiger partial charge in [0.2, 0.25) is 0 Å². The predicted octanol–water partition coefficient (Wildman–Crippen LogP) is 3.49. The number of aromatic nitrogens is 2. The van der Waals surface area contributed by atoms with Crippen LogP contribution in [-0.2, 0) is 0 Å². The lowest BCUT2D eigenvalue weighted by atomic mass is 10.1. The lowest BCUT2D eigenvalue weighted by Crippen LogP contribution is -2.01. The number of benzene rings is 2. The number of nitrogens with zero attached hydrogens (tertiary/aromatic N) is 2. The number of hydrogen-bond donors (Lipinski definition) is 2. The summed E-state index contributed by atoms with van der Waals surface area (Å²) < 4.78 is 0. The smallest absolute Gasteiger partial charge is 0.172 e. The van der Waals surface area contributed by atoms with Gasteiger partial charge in [0.15, 0.2) is 5.78 Å². The first-order valence-corrected chi connectivity index (χ1v) is 7.12. The third-order valence-corrected chi connectivity index (χ3v) is 3.43. The number of anilines is 2. The van der Waals surface area contributed by atoms with Crippen LogP contribution in [0.15, 0.2) is 54.9 Å². The van der Waals surface area contributed by atoms with Crippen LogP contribution in [0.1, 0.15) is 10.4 Å². The molecule has 0 amide bonds. The number of carbonyl (C=O) groups excluding carboxylic acids is 1. The van der Waals surface area contributed by atoms with Crippen molar-refractivity contribution >= 4 is 40.8 Å². The average molecular weight is 295 g/mol. The van der Waals surface area contributed by atoms with Crippen molar-refractivity contribution in [3.8, 4) is 0 Å². The monoisotopic (exact) mass is 295 g/mol. The van der Waals surface area contributed by atoms with Crippen LogP contribution in [0.3, 0.4) is 0 Å². The Morgan fingerprint density at radius 3 is 2.67 bits per heavy atom. The Morgan fingerprint density at radius 2 is 1.90 bits per heavy atom. The highest BCUT2D eigenvalue weighted by atomic mass is 32.1. The lowest BCUT2D eigenvalue weighted by Gasteiger charge is -2.08. The van der Waals surface area contributed by atoms with Gasteiger partial charge in [-0.1, -0.05) is 24.3 Å². The molecule has 0 aliphatic rings. The Bertz CT molecular complexity index is 790. The van der Waals surface area contributed by atoms with E-state index in [4.69, 9.17) is 0 Å². The zero-order valence-electron chi connectivity index (χ0n) is 11.2. The molecular formula is C16H13N3OS. The molecule has 1 N–H and O–H groups in total. The SMILES string of the molecule is O=C(CS)c1ccc2c(Nc3ccccc3)ncnc2c1. The van der Waals surface area contributed by atoms with E-state index in [1.54, 1.807) is 12.1 Å². The molecule has 5 heteroatoms. The van der Waals surface area contributed by atoms with Crippen LogP contribution in [0.25, 0.3) is 10.9 Å². The maximum atomic E-state index is 11.7. The van der Waals surface area contributed by atoms with Crippen LogP contribution < -0.4 is 5.32 Å². The lowest BCUT2D eigenvalue weighted by molar-refractivity contribution is 0.102.